The van der Waals surface area contributed by atoms with E-state index in [1.165, 1.54) is 0 Å². The lowest BCUT2D eigenvalue weighted by molar-refractivity contribution is 0.250. The maximum atomic E-state index is 12.3. The highest BCUT2D eigenvalue weighted by Gasteiger charge is 2.17. The van der Waals surface area contributed by atoms with Gasteiger partial charge in [0.1, 0.15) is 5.82 Å². The first-order valence-electron chi connectivity index (χ1n) is 7.45. The Morgan fingerprint density at radius 2 is 1.67 bits per heavy atom. The van der Waals surface area contributed by atoms with Crippen molar-refractivity contribution in [3.63, 3.8) is 0 Å². The number of aromatic nitrogens is 2. The van der Waals surface area contributed by atoms with Crippen LogP contribution in [0, 0.1) is 0 Å². The van der Waals surface area contributed by atoms with Crippen LogP contribution in [0.4, 0.5) is 16.2 Å². The Bertz CT molecular complexity index is 840. The second-order valence-corrected chi connectivity index (χ2v) is 5.71. The van der Waals surface area contributed by atoms with E-state index in [4.69, 9.17) is 11.6 Å². The van der Waals surface area contributed by atoms with Gasteiger partial charge in [0, 0.05) is 37.1 Å². The summed E-state index contributed by atoms with van der Waals surface area (Å²) in [6, 6.07) is 14.6. The molecule has 6 heteroatoms. The molecule has 3 rings (SSSR count). The highest BCUT2D eigenvalue weighted by molar-refractivity contribution is 6.30. The molecule has 0 saturated heterocycles. The number of benzene rings is 2. The Hall–Kier alpha value is -2.79. The first kappa shape index (κ1) is 16.1. The predicted octanol–water partition coefficient (Wildman–Crippen LogP) is 4.22. The van der Waals surface area contributed by atoms with Gasteiger partial charge in [-0.25, -0.2) is 9.78 Å². The van der Waals surface area contributed by atoms with Crippen molar-refractivity contribution >= 4 is 29.0 Å². The zero-order valence-electron chi connectivity index (χ0n) is 13.4. The second-order valence-electron chi connectivity index (χ2n) is 5.28. The van der Waals surface area contributed by atoms with Gasteiger partial charge in [-0.05, 0) is 48.5 Å². The number of amides is 2. The van der Waals surface area contributed by atoms with Gasteiger partial charge in [0.25, 0.3) is 0 Å². The van der Waals surface area contributed by atoms with Gasteiger partial charge in [0.2, 0.25) is 0 Å². The molecule has 2 aromatic carbocycles. The third-order valence-corrected chi connectivity index (χ3v) is 3.96. The van der Waals surface area contributed by atoms with Gasteiger partial charge >= 0.3 is 6.03 Å². The third kappa shape index (κ3) is 3.12. The quantitative estimate of drug-likeness (QED) is 0.776. The summed E-state index contributed by atoms with van der Waals surface area (Å²) in [4.78, 5) is 18.3. The number of nitrogens with zero attached hydrogens (tertiary/aromatic N) is 3. The molecule has 0 bridgehead atoms. The van der Waals surface area contributed by atoms with E-state index in [1.54, 1.807) is 30.3 Å². The third-order valence-electron chi connectivity index (χ3n) is 3.71. The molecule has 5 nitrogen and oxygen atoms in total. The van der Waals surface area contributed by atoms with Gasteiger partial charge in [0.15, 0.2) is 0 Å². The lowest BCUT2D eigenvalue weighted by Crippen LogP contribution is -2.34. The van der Waals surface area contributed by atoms with Crippen LogP contribution in [0.1, 0.15) is 0 Å². The van der Waals surface area contributed by atoms with Crippen molar-refractivity contribution in [1.29, 1.82) is 0 Å². The number of halogens is 1. The minimum absolute atomic E-state index is 0.220. The van der Waals surface area contributed by atoms with Crippen LogP contribution in [-0.2, 0) is 7.05 Å². The van der Waals surface area contributed by atoms with Gasteiger partial charge in [-0.1, -0.05) is 11.6 Å². The molecule has 24 heavy (non-hydrogen) atoms. The fraction of sp³-hybridized carbons (Fsp3) is 0.111. The van der Waals surface area contributed by atoms with Crippen LogP contribution in [0.2, 0.25) is 5.02 Å². The van der Waals surface area contributed by atoms with Gasteiger partial charge in [-0.3, -0.25) is 4.90 Å². The van der Waals surface area contributed by atoms with E-state index in [0.717, 1.165) is 22.8 Å². The SMILES string of the molecule is CNC(=O)N(c1ccc(Cl)cc1)c1ccc(-c2nccn2C)cc1. The highest BCUT2D eigenvalue weighted by Crippen LogP contribution is 2.28. The minimum atomic E-state index is -0.220. The van der Waals surface area contributed by atoms with E-state index < -0.39 is 0 Å². The fourth-order valence-electron chi connectivity index (χ4n) is 2.49. The number of anilines is 2. The molecule has 0 aliphatic carbocycles. The molecule has 1 N–H and O–H groups in total. The zero-order valence-corrected chi connectivity index (χ0v) is 14.2. The first-order valence-corrected chi connectivity index (χ1v) is 7.83. The smallest absolute Gasteiger partial charge is 0.326 e. The molecular formula is C18H17ClN4O. The summed E-state index contributed by atoms with van der Waals surface area (Å²) in [7, 11) is 3.55. The summed E-state index contributed by atoms with van der Waals surface area (Å²) < 4.78 is 1.95. The lowest BCUT2D eigenvalue weighted by Gasteiger charge is -2.22. The molecule has 122 valence electrons. The van der Waals surface area contributed by atoms with Crippen LogP contribution in [0.15, 0.2) is 60.9 Å². The Morgan fingerprint density at radius 3 is 2.17 bits per heavy atom. The van der Waals surface area contributed by atoms with Crippen molar-refractivity contribution < 1.29 is 4.79 Å². The molecule has 0 radical (unpaired) electrons. The van der Waals surface area contributed by atoms with Crippen LogP contribution >= 0.6 is 11.6 Å². The molecule has 1 aromatic heterocycles. The number of aryl methyl sites for hydroxylation is 1. The minimum Gasteiger partial charge on any atom is -0.340 e. The lowest BCUT2D eigenvalue weighted by atomic mass is 10.1. The van der Waals surface area contributed by atoms with Crippen LogP contribution in [-0.4, -0.2) is 22.6 Å². The number of carbonyl (C=O) groups is 1. The molecule has 0 aliphatic heterocycles. The molecule has 0 unspecified atom stereocenters. The largest absolute Gasteiger partial charge is 0.340 e. The molecule has 0 fully saturated rings. The van der Waals surface area contributed by atoms with Crippen molar-refractivity contribution in [3.05, 3.63) is 65.9 Å². The van der Waals surface area contributed by atoms with Gasteiger partial charge in [0.05, 0.1) is 11.4 Å². The molecule has 0 aliphatic rings. The van der Waals surface area contributed by atoms with Gasteiger partial charge in [-0.2, -0.15) is 0 Å². The van der Waals surface area contributed by atoms with Crippen LogP contribution in [0.3, 0.4) is 0 Å². The van der Waals surface area contributed by atoms with E-state index in [1.807, 2.05) is 54.2 Å². The molecule has 3 aromatic rings. The van der Waals surface area contributed by atoms with Crippen LogP contribution in [0.25, 0.3) is 11.4 Å². The summed E-state index contributed by atoms with van der Waals surface area (Å²) in [5.41, 5.74) is 2.48. The summed E-state index contributed by atoms with van der Waals surface area (Å²) in [6.07, 6.45) is 3.65. The molecule has 2 amide bonds. The summed E-state index contributed by atoms with van der Waals surface area (Å²) in [5.74, 6) is 0.875. The van der Waals surface area contributed by atoms with Crippen molar-refractivity contribution in [1.82, 2.24) is 14.9 Å². The highest BCUT2D eigenvalue weighted by atomic mass is 35.5. The Balaban J connectivity index is 1.98. The Morgan fingerprint density at radius 1 is 1.08 bits per heavy atom. The van der Waals surface area contributed by atoms with E-state index in [-0.39, 0.29) is 6.03 Å². The average Bonchev–Trinajstić information content (AvgIpc) is 3.03. The zero-order chi connectivity index (χ0) is 17.1. The van der Waals surface area contributed by atoms with E-state index in [2.05, 4.69) is 10.3 Å². The Labute approximate surface area is 145 Å². The number of rotatable bonds is 3. The average molecular weight is 341 g/mol. The summed E-state index contributed by atoms with van der Waals surface area (Å²) >= 11 is 5.94. The topological polar surface area (TPSA) is 50.2 Å². The summed E-state index contributed by atoms with van der Waals surface area (Å²) in [6.45, 7) is 0. The van der Waals surface area contributed by atoms with Gasteiger partial charge < -0.3 is 9.88 Å². The number of hydrogen-bond acceptors (Lipinski definition) is 2. The number of imidazole rings is 1. The van der Waals surface area contributed by atoms with Crippen molar-refractivity contribution in [3.8, 4) is 11.4 Å². The molecule has 0 atom stereocenters. The van der Waals surface area contributed by atoms with E-state index in [0.29, 0.717) is 5.02 Å². The van der Waals surface area contributed by atoms with Crippen molar-refractivity contribution in [2.45, 2.75) is 0 Å². The van der Waals surface area contributed by atoms with Crippen molar-refractivity contribution in [2.24, 2.45) is 7.05 Å². The Kier molecular flexibility index (Phi) is 4.53. The van der Waals surface area contributed by atoms with Crippen LogP contribution in [0.5, 0.6) is 0 Å². The molecule has 0 spiro atoms. The number of hydrogen-bond donors (Lipinski definition) is 1. The second kappa shape index (κ2) is 6.76. The van der Waals surface area contributed by atoms with E-state index in [9.17, 15) is 4.79 Å². The molecular weight excluding hydrogens is 324 g/mol. The van der Waals surface area contributed by atoms with Crippen LogP contribution < -0.4 is 10.2 Å². The maximum Gasteiger partial charge on any atom is 0.326 e. The molecule has 0 saturated carbocycles. The van der Waals surface area contributed by atoms with E-state index >= 15 is 0 Å². The summed E-state index contributed by atoms with van der Waals surface area (Å²) in [5, 5.41) is 3.29. The number of carbonyl (C=O) groups excluding carboxylic acids is 1. The number of nitrogens with one attached hydrogen (secondary N) is 1. The standard InChI is InChI=1S/C18H17ClN4O/c1-20-18(24)23(16-9-5-14(19)6-10-16)15-7-3-13(4-8-15)17-21-11-12-22(17)2/h3-12H,1-2H3,(H,20,24). The number of urea groups is 1. The monoisotopic (exact) mass is 340 g/mol. The normalized spacial score (nSPS) is 10.5. The van der Waals surface area contributed by atoms with Gasteiger partial charge in [-0.15, -0.1) is 0 Å². The first-order chi connectivity index (χ1) is 11.6. The van der Waals surface area contributed by atoms with Crippen molar-refractivity contribution in [2.75, 3.05) is 11.9 Å². The maximum absolute atomic E-state index is 12.3. The predicted molar refractivity (Wildman–Crippen MR) is 96.7 cm³/mol. The molecule has 1 heterocycles. The fourth-order valence-corrected chi connectivity index (χ4v) is 2.61.